The Kier molecular flexibility index (Phi) is 2.75. The average Bonchev–Trinajstić information content (AvgIpc) is 2.53. The van der Waals surface area contributed by atoms with Gasteiger partial charge in [0.2, 0.25) is 0 Å². The highest BCUT2D eigenvalue weighted by Crippen LogP contribution is 2.42. The molecule has 0 aromatic heterocycles. The van der Waals surface area contributed by atoms with E-state index in [0.717, 1.165) is 5.71 Å². The first kappa shape index (κ1) is 11.2. The van der Waals surface area contributed by atoms with Crippen LogP contribution in [0.25, 0.3) is 0 Å². The number of hydrazone groups is 1. The van der Waals surface area contributed by atoms with Crippen molar-refractivity contribution in [2.24, 2.45) is 22.4 Å². The van der Waals surface area contributed by atoms with Crippen LogP contribution < -0.4 is 5.43 Å². The van der Waals surface area contributed by atoms with Crippen molar-refractivity contribution >= 4 is 5.71 Å². The fourth-order valence-corrected chi connectivity index (χ4v) is 2.12. The predicted molar refractivity (Wildman–Crippen MR) is 69.0 cm³/mol. The first-order chi connectivity index (χ1) is 7.53. The maximum atomic E-state index is 4.40. The van der Waals surface area contributed by atoms with Gasteiger partial charge in [-0.15, -0.1) is 0 Å². The molecule has 2 bridgehead atoms. The fraction of sp³-hybridized carbons (Fsp3) is 0.500. The number of nitrogens with one attached hydrogen (secondary N) is 1. The summed E-state index contributed by atoms with van der Waals surface area (Å²) in [6.45, 7) is 8.87. The maximum Gasteiger partial charge on any atom is 0.0635 e. The van der Waals surface area contributed by atoms with E-state index in [1.165, 1.54) is 5.57 Å². The van der Waals surface area contributed by atoms with Crippen LogP contribution in [0.5, 0.6) is 0 Å². The zero-order chi connectivity index (χ0) is 11.8. The molecule has 1 aliphatic carbocycles. The zero-order valence-electron chi connectivity index (χ0n) is 10.5. The molecule has 0 saturated carbocycles. The summed E-state index contributed by atoms with van der Waals surface area (Å²) in [7, 11) is 0. The van der Waals surface area contributed by atoms with Gasteiger partial charge in [-0.1, -0.05) is 45.9 Å². The van der Waals surface area contributed by atoms with Gasteiger partial charge < -0.3 is 0 Å². The largest absolute Gasteiger partial charge is 0.286 e. The van der Waals surface area contributed by atoms with Crippen molar-refractivity contribution in [3.05, 3.63) is 36.1 Å². The van der Waals surface area contributed by atoms with Gasteiger partial charge in [0, 0.05) is 11.6 Å². The molecule has 2 rings (SSSR count). The first-order valence-electron chi connectivity index (χ1n) is 5.94. The zero-order valence-corrected chi connectivity index (χ0v) is 10.5. The van der Waals surface area contributed by atoms with Gasteiger partial charge in [0.1, 0.15) is 0 Å². The quantitative estimate of drug-likeness (QED) is 0.715. The van der Waals surface area contributed by atoms with Crippen LogP contribution in [0, 0.1) is 17.3 Å². The first-order valence-corrected chi connectivity index (χ1v) is 5.94. The number of nitrogens with zero attached hydrogens (tertiary/aromatic N) is 1. The Hall–Kier alpha value is -1.31. The van der Waals surface area contributed by atoms with Crippen molar-refractivity contribution in [2.75, 3.05) is 0 Å². The Morgan fingerprint density at radius 3 is 2.81 bits per heavy atom. The summed E-state index contributed by atoms with van der Waals surface area (Å²) in [5, 5.41) is 4.40. The highest BCUT2D eigenvalue weighted by molar-refractivity contribution is 5.97. The molecular weight excluding hydrogens is 196 g/mol. The van der Waals surface area contributed by atoms with Crippen LogP contribution in [-0.2, 0) is 0 Å². The van der Waals surface area contributed by atoms with Crippen LogP contribution in [0.4, 0.5) is 0 Å². The second-order valence-corrected chi connectivity index (χ2v) is 5.22. The monoisotopic (exact) mass is 216 g/mol. The summed E-state index contributed by atoms with van der Waals surface area (Å²) in [4.78, 5) is 0. The molecule has 2 heteroatoms. The minimum Gasteiger partial charge on any atom is -0.286 e. The SMILES string of the molecule is CC(C)C1=N/N/C=C\C2(C)C=C\C(=C\1)C2C. The topological polar surface area (TPSA) is 24.4 Å². The molecule has 0 aromatic rings. The molecule has 2 aliphatic rings. The van der Waals surface area contributed by atoms with Crippen LogP contribution >= 0.6 is 0 Å². The summed E-state index contributed by atoms with van der Waals surface area (Å²) in [5.41, 5.74) is 5.64. The number of fused-ring (bicyclic) bond motifs is 2. The summed E-state index contributed by atoms with van der Waals surface area (Å²) < 4.78 is 0. The van der Waals surface area contributed by atoms with Gasteiger partial charge in [-0.05, 0) is 23.5 Å². The average molecular weight is 216 g/mol. The fourth-order valence-electron chi connectivity index (χ4n) is 2.12. The molecule has 2 nitrogen and oxygen atoms in total. The third kappa shape index (κ3) is 1.84. The highest BCUT2D eigenvalue weighted by atomic mass is 15.3. The Morgan fingerprint density at radius 2 is 2.12 bits per heavy atom. The standard InChI is InChI=1S/C14H20N2/c1-10(2)13-9-12-5-6-14(4,11(12)3)7-8-15-16-13/h5-11,15H,1-4H3/b8-7-,12-9-,16-13+. The molecule has 0 spiro atoms. The number of hydrogen-bond donors (Lipinski definition) is 1. The normalized spacial score (nSPS) is 41.2. The summed E-state index contributed by atoms with van der Waals surface area (Å²) in [5.74, 6) is 0.964. The van der Waals surface area contributed by atoms with Crippen LogP contribution in [0.15, 0.2) is 41.2 Å². The summed E-state index contributed by atoms with van der Waals surface area (Å²) >= 11 is 0. The minimum absolute atomic E-state index is 0.126. The maximum absolute atomic E-state index is 4.40. The second kappa shape index (κ2) is 3.93. The lowest BCUT2D eigenvalue weighted by molar-refractivity contribution is 0.430. The number of hydrogen-bond acceptors (Lipinski definition) is 2. The molecule has 16 heavy (non-hydrogen) atoms. The Labute approximate surface area is 97.8 Å². The molecule has 0 fully saturated rings. The molecule has 1 heterocycles. The molecule has 2 unspecified atom stereocenters. The van der Waals surface area contributed by atoms with E-state index >= 15 is 0 Å². The van der Waals surface area contributed by atoms with Gasteiger partial charge in [-0.2, -0.15) is 5.10 Å². The molecule has 2 atom stereocenters. The van der Waals surface area contributed by atoms with Crippen LogP contribution in [0.3, 0.4) is 0 Å². The van der Waals surface area contributed by atoms with E-state index in [2.05, 4.69) is 62.5 Å². The molecule has 0 saturated heterocycles. The van der Waals surface area contributed by atoms with Crippen molar-refractivity contribution in [2.45, 2.75) is 27.7 Å². The molecule has 0 aromatic carbocycles. The van der Waals surface area contributed by atoms with Crippen LogP contribution in [-0.4, -0.2) is 5.71 Å². The van der Waals surface area contributed by atoms with E-state index in [9.17, 15) is 0 Å². The van der Waals surface area contributed by atoms with E-state index in [1.807, 2.05) is 6.20 Å². The molecule has 86 valence electrons. The lowest BCUT2D eigenvalue weighted by Crippen LogP contribution is -2.17. The van der Waals surface area contributed by atoms with Gasteiger partial charge in [0.05, 0.1) is 5.71 Å². The van der Waals surface area contributed by atoms with Gasteiger partial charge in [0.15, 0.2) is 0 Å². The van der Waals surface area contributed by atoms with Gasteiger partial charge in [-0.3, -0.25) is 5.43 Å². The van der Waals surface area contributed by atoms with E-state index in [4.69, 9.17) is 0 Å². The lowest BCUT2D eigenvalue weighted by atomic mass is 9.79. The third-order valence-corrected chi connectivity index (χ3v) is 3.68. The van der Waals surface area contributed by atoms with Crippen LogP contribution in [0.1, 0.15) is 27.7 Å². The molecule has 0 radical (unpaired) electrons. The van der Waals surface area contributed by atoms with Gasteiger partial charge in [-0.25, -0.2) is 0 Å². The summed E-state index contributed by atoms with van der Waals surface area (Å²) in [6, 6.07) is 0. The van der Waals surface area contributed by atoms with Crippen molar-refractivity contribution < 1.29 is 0 Å². The predicted octanol–water partition coefficient (Wildman–Crippen LogP) is 3.25. The van der Waals surface area contributed by atoms with E-state index < -0.39 is 0 Å². The van der Waals surface area contributed by atoms with Crippen molar-refractivity contribution in [1.29, 1.82) is 0 Å². The molecule has 0 amide bonds. The number of rotatable bonds is 1. The molecular formula is C14H20N2. The van der Waals surface area contributed by atoms with Crippen molar-refractivity contribution in [3.8, 4) is 0 Å². The minimum atomic E-state index is 0.126. The van der Waals surface area contributed by atoms with Gasteiger partial charge in [0.25, 0.3) is 0 Å². The Bertz CT molecular complexity index is 399. The molecule has 1 aliphatic heterocycles. The second-order valence-electron chi connectivity index (χ2n) is 5.22. The van der Waals surface area contributed by atoms with E-state index in [-0.39, 0.29) is 5.41 Å². The third-order valence-electron chi connectivity index (χ3n) is 3.68. The lowest BCUT2D eigenvalue weighted by Gasteiger charge is -2.24. The van der Waals surface area contributed by atoms with Crippen molar-refractivity contribution in [1.82, 2.24) is 5.43 Å². The van der Waals surface area contributed by atoms with E-state index in [1.54, 1.807) is 0 Å². The molecule has 1 N–H and O–H groups in total. The van der Waals surface area contributed by atoms with Crippen LogP contribution in [0.2, 0.25) is 0 Å². The summed E-state index contributed by atoms with van der Waals surface area (Å²) in [6.07, 6.45) is 10.9. The highest BCUT2D eigenvalue weighted by Gasteiger charge is 2.32. The van der Waals surface area contributed by atoms with E-state index in [0.29, 0.717) is 11.8 Å². The van der Waals surface area contributed by atoms with Gasteiger partial charge >= 0.3 is 0 Å². The smallest absolute Gasteiger partial charge is 0.0635 e. The number of allylic oxidation sites excluding steroid dienone is 5. The van der Waals surface area contributed by atoms with Crippen molar-refractivity contribution in [3.63, 3.8) is 0 Å². The Morgan fingerprint density at radius 1 is 1.38 bits per heavy atom. The Balaban J connectivity index is 2.43.